The van der Waals surface area contributed by atoms with Crippen LogP contribution >= 0.6 is 0 Å². The van der Waals surface area contributed by atoms with Gasteiger partial charge >= 0.3 is 5.97 Å². The van der Waals surface area contributed by atoms with E-state index in [0.717, 1.165) is 24.8 Å². The quantitative estimate of drug-likeness (QED) is 0.411. The predicted octanol–water partition coefficient (Wildman–Crippen LogP) is 1.96. The van der Waals surface area contributed by atoms with Gasteiger partial charge in [0.1, 0.15) is 12.7 Å². The third-order valence-electron chi connectivity index (χ3n) is 7.23. The summed E-state index contributed by atoms with van der Waals surface area (Å²) in [5, 5.41) is 30.4. The van der Waals surface area contributed by atoms with Gasteiger partial charge in [0.05, 0.1) is 18.3 Å². The molecule has 140 valence electrons. The van der Waals surface area contributed by atoms with Gasteiger partial charge in [0, 0.05) is 5.41 Å². The van der Waals surface area contributed by atoms with E-state index in [2.05, 4.69) is 13.5 Å². The SMILES string of the molecule is C=C1CCC2[C@](C)(CO)[C@H](O)CC[C@]2(C)[C@H]1C/C=C1/C(=O)OC[C@H]1O. The molecule has 2 saturated carbocycles. The van der Waals surface area contributed by atoms with E-state index in [9.17, 15) is 20.1 Å². The first-order valence-corrected chi connectivity index (χ1v) is 9.26. The van der Waals surface area contributed by atoms with Crippen molar-refractivity contribution in [3.63, 3.8) is 0 Å². The summed E-state index contributed by atoms with van der Waals surface area (Å²) in [6, 6.07) is 0. The fraction of sp³-hybridized carbons (Fsp3) is 0.750. The second-order valence-electron chi connectivity index (χ2n) is 8.54. The van der Waals surface area contributed by atoms with Gasteiger partial charge in [-0.3, -0.25) is 0 Å². The van der Waals surface area contributed by atoms with Crippen LogP contribution in [0.5, 0.6) is 0 Å². The minimum atomic E-state index is -0.844. The van der Waals surface area contributed by atoms with E-state index >= 15 is 0 Å². The number of rotatable bonds is 3. The normalized spacial score (nSPS) is 46.2. The van der Waals surface area contributed by atoms with Gasteiger partial charge in [0.2, 0.25) is 0 Å². The van der Waals surface area contributed by atoms with Gasteiger partial charge in [-0.25, -0.2) is 4.79 Å². The maximum absolute atomic E-state index is 11.8. The molecule has 3 aliphatic rings. The van der Waals surface area contributed by atoms with Gasteiger partial charge in [-0.05, 0) is 49.4 Å². The lowest BCUT2D eigenvalue weighted by Gasteiger charge is -2.59. The lowest BCUT2D eigenvalue weighted by atomic mass is 9.46. The van der Waals surface area contributed by atoms with Crippen LogP contribution in [0.1, 0.15) is 46.0 Å². The van der Waals surface area contributed by atoms with Crippen molar-refractivity contribution in [3.05, 3.63) is 23.8 Å². The topological polar surface area (TPSA) is 87.0 Å². The summed E-state index contributed by atoms with van der Waals surface area (Å²) >= 11 is 0. The molecular formula is C20H30O5. The Labute approximate surface area is 149 Å². The molecule has 1 aliphatic heterocycles. The highest BCUT2D eigenvalue weighted by Gasteiger charge is 2.57. The number of carbonyl (C=O) groups is 1. The Balaban J connectivity index is 1.89. The number of aliphatic hydroxyl groups is 3. The maximum atomic E-state index is 11.8. The number of aliphatic hydroxyl groups excluding tert-OH is 3. The molecule has 0 aromatic carbocycles. The van der Waals surface area contributed by atoms with E-state index in [1.54, 1.807) is 0 Å². The molecule has 3 fully saturated rings. The van der Waals surface area contributed by atoms with Crippen molar-refractivity contribution in [2.24, 2.45) is 22.7 Å². The van der Waals surface area contributed by atoms with Gasteiger partial charge in [0.15, 0.2) is 0 Å². The van der Waals surface area contributed by atoms with Crippen molar-refractivity contribution in [2.75, 3.05) is 13.2 Å². The number of hydrogen-bond donors (Lipinski definition) is 3. The van der Waals surface area contributed by atoms with Crippen LogP contribution in [-0.2, 0) is 9.53 Å². The molecule has 0 aromatic heterocycles. The Morgan fingerprint density at radius 3 is 2.64 bits per heavy atom. The molecule has 0 radical (unpaired) electrons. The van der Waals surface area contributed by atoms with Gasteiger partial charge in [-0.2, -0.15) is 0 Å². The first-order valence-electron chi connectivity index (χ1n) is 9.26. The van der Waals surface area contributed by atoms with Crippen LogP contribution in [0.2, 0.25) is 0 Å². The number of allylic oxidation sites excluding steroid dienone is 2. The molecule has 0 aromatic rings. The van der Waals surface area contributed by atoms with E-state index in [1.807, 2.05) is 13.0 Å². The lowest BCUT2D eigenvalue weighted by molar-refractivity contribution is -0.151. The summed E-state index contributed by atoms with van der Waals surface area (Å²) in [4.78, 5) is 11.8. The van der Waals surface area contributed by atoms with Crippen LogP contribution in [0, 0.1) is 22.7 Å². The summed E-state index contributed by atoms with van der Waals surface area (Å²) in [5.74, 6) is -0.0734. The zero-order valence-electron chi connectivity index (χ0n) is 15.2. The summed E-state index contributed by atoms with van der Waals surface area (Å²) < 4.78 is 4.90. The van der Waals surface area contributed by atoms with E-state index in [1.165, 1.54) is 0 Å². The fourth-order valence-electron chi connectivity index (χ4n) is 5.56. The number of hydrogen-bond acceptors (Lipinski definition) is 5. The summed E-state index contributed by atoms with van der Waals surface area (Å²) in [6.45, 7) is 8.50. The van der Waals surface area contributed by atoms with Crippen molar-refractivity contribution in [1.29, 1.82) is 0 Å². The molecule has 5 nitrogen and oxygen atoms in total. The van der Waals surface area contributed by atoms with Crippen LogP contribution in [0.25, 0.3) is 0 Å². The monoisotopic (exact) mass is 350 g/mol. The highest BCUT2D eigenvalue weighted by Crippen LogP contribution is 2.61. The summed E-state index contributed by atoms with van der Waals surface area (Å²) in [7, 11) is 0. The Morgan fingerprint density at radius 1 is 1.32 bits per heavy atom. The van der Waals surface area contributed by atoms with Crippen LogP contribution < -0.4 is 0 Å². The third kappa shape index (κ3) is 2.86. The molecule has 1 unspecified atom stereocenters. The van der Waals surface area contributed by atoms with E-state index in [0.29, 0.717) is 18.4 Å². The molecule has 3 N–H and O–H groups in total. The second kappa shape index (κ2) is 6.53. The highest BCUT2D eigenvalue weighted by molar-refractivity contribution is 5.91. The molecular weight excluding hydrogens is 320 g/mol. The molecule has 0 amide bonds. The number of cyclic esters (lactones) is 1. The Morgan fingerprint density at radius 2 is 2.04 bits per heavy atom. The van der Waals surface area contributed by atoms with Gasteiger partial charge in [0.25, 0.3) is 0 Å². The van der Waals surface area contributed by atoms with E-state index in [4.69, 9.17) is 4.74 Å². The highest BCUT2D eigenvalue weighted by atomic mass is 16.6. The fourth-order valence-corrected chi connectivity index (χ4v) is 5.56. The molecule has 1 heterocycles. The van der Waals surface area contributed by atoms with Crippen molar-refractivity contribution < 1.29 is 24.9 Å². The number of carbonyl (C=O) groups excluding carboxylic acids is 1. The van der Waals surface area contributed by atoms with Gasteiger partial charge in [-0.15, -0.1) is 0 Å². The molecule has 0 bridgehead atoms. The zero-order valence-corrected chi connectivity index (χ0v) is 15.2. The second-order valence-corrected chi connectivity index (χ2v) is 8.54. The first kappa shape index (κ1) is 18.6. The van der Waals surface area contributed by atoms with Crippen molar-refractivity contribution in [3.8, 4) is 0 Å². The lowest BCUT2D eigenvalue weighted by Crippen LogP contribution is -2.57. The minimum Gasteiger partial charge on any atom is -0.459 e. The van der Waals surface area contributed by atoms with E-state index in [-0.39, 0.29) is 30.5 Å². The molecule has 1 saturated heterocycles. The molecule has 3 rings (SSSR count). The Hall–Kier alpha value is -1.17. The zero-order chi connectivity index (χ0) is 18.4. The van der Waals surface area contributed by atoms with Gasteiger partial charge < -0.3 is 20.1 Å². The summed E-state index contributed by atoms with van der Waals surface area (Å²) in [6.07, 6.45) is 4.42. The number of fused-ring (bicyclic) bond motifs is 1. The van der Waals surface area contributed by atoms with Crippen LogP contribution in [0.15, 0.2) is 23.8 Å². The first-order chi connectivity index (χ1) is 11.7. The summed E-state index contributed by atoms with van der Waals surface area (Å²) in [5.41, 5.74) is 0.911. The average molecular weight is 350 g/mol. The number of esters is 1. The van der Waals surface area contributed by atoms with E-state index < -0.39 is 23.6 Å². The molecule has 0 spiro atoms. The minimum absolute atomic E-state index is 0.0280. The largest absolute Gasteiger partial charge is 0.459 e. The predicted molar refractivity (Wildman–Crippen MR) is 93.6 cm³/mol. The van der Waals surface area contributed by atoms with Crippen LogP contribution in [0.4, 0.5) is 0 Å². The standard InChI is InChI=1S/C20H30O5/c1-12-4-7-16-19(2,9-8-17(23)20(16,3)11-21)14(12)6-5-13-15(22)10-25-18(13)24/h5,14-17,21-23H,1,4,6-11H2,2-3H3/b13-5+/t14-,15+,16?,17+,19+,20-/m0/s1. The maximum Gasteiger partial charge on any atom is 0.336 e. The van der Waals surface area contributed by atoms with Crippen molar-refractivity contribution in [1.82, 2.24) is 0 Å². The van der Waals surface area contributed by atoms with Crippen LogP contribution in [-0.4, -0.2) is 46.7 Å². The Kier molecular flexibility index (Phi) is 4.86. The smallest absolute Gasteiger partial charge is 0.336 e. The van der Waals surface area contributed by atoms with Crippen molar-refractivity contribution >= 4 is 5.97 Å². The van der Waals surface area contributed by atoms with Gasteiger partial charge in [-0.1, -0.05) is 32.1 Å². The molecule has 25 heavy (non-hydrogen) atoms. The number of ether oxygens (including phenoxy) is 1. The van der Waals surface area contributed by atoms with Crippen molar-refractivity contribution in [2.45, 2.75) is 58.2 Å². The third-order valence-corrected chi connectivity index (χ3v) is 7.23. The molecule has 2 aliphatic carbocycles. The van der Waals surface area contributed by atoms with Crippen LogP contribution in [0.3, 0.4) is 0 Å². The molecule has 5 heteroatoms. The Bertz CT molecular complexity index is 597. The molecule has 6 atom stereocenters. The average Bonchev–Trinajstić information content (AvgIpc) is 2.89.